The first-order valence-electron chi connectivity index (χ1n) is 4.09. The van der Waals surface area contributed by atoms with Crippen LogP contribution in [0.25, 0.3) is 0 Å². The van der Waals surface area contributed by atoms with Gasteiger partial charge in [0.1, 0.15) is 12.2 Å². The molecule has 0 radical (unpaired) electrons. The van der Waals surface area contributed by atoms with Gasteiger partial charge in [-0.2, -0.15) is 26.3 Å². The van der Waals surface area contributed by atoms with E-state index in [1.54, 1.807) is 0 Å². The number of hydrogen-bond acceptors (Lipinski definition) is 4. The fourth-order valence-electron chi connectivity index (χ4n) is 0.735. The van der Waals surface area contributed by atoms with Gasteiger partial charge in [0, 0.05) is 0 Å². The number of hydrogen-bond donors (Lipinski definition) is 0. The molecule has 0 aliphatic carbocycles. The quantitative estimate of drug-likeness (QED) is 0.335. The Morgan fingerprint density at radius 3 is 1.78 bits per heavy atom. The van der Waals surface area contributed by atoms with E-state index in [-0.39, 0.29) is 6.08 Å². The highest BCUT2D eigenvalue weighted by Gasteiger charge is 2.50. The molecule has 0 heterocycles. The summed E-state index contributed by atoms with van der Waals surface area (Å²) < 4.78 is 79.3. The van der Waals surface area contributed by atoms with Crippen LogP contribution in [0.4, 0.5) is 26.3 Å². The number of carbonyl (C=O) groups excluding carboxylic acids is 2. The summed E-state index contributed by atoms with van der Waals surface area (Å²) in [5, 5.41) is 0. The average Bonchev–Trinajstić information content (AvgIpc) is 2.19. The second-order valence-electron chi connectivity index (χ2n) is 2.70. The molecule has 0 aliphatic rings. The summed E-state index contributed by atoms with van der Waals surface area (Å²) in [6, 6.07) is 0. The third-order valence-corrected chi connectivity index (χ3v) is 1.46. The van der Waals surface area contributed by atoms with Crippen molar-refractivity contribution in [3.05, 3.63) is 11.6 Å². The highest BCUT2D eigenvalue weighted by atomic mass is 19.4. The van der Waals surface area contributed by atoms with Gasteiger partial charge in [0.05, 0.1) is 7.11 Å². The Labute approximate surface area is 96.1 Å². The Morgan fingerprint density at radius 1 is 1.00 bits per heavy atom. The first-order valence-corrected chi connectivity index (χ1v) is 4.09. The van der Waals surface area contributed by atoms with Crippen molar-refractivity contribution in [2.24, 2.45) is 0 Å². The summed E-state index contributed by atoms with van der Waals surface area (Å²) in [6.07, 6.45) is -11.7. The van der Waals surface area contributed by atoms with Crippen molar-refractivity contribution in [2.45, 2.75) is 12.4 Å². The zero-order valence-electron chi connectivity index (χ0n) is 8.69. The molecule has 0 saturated carbocycles. The van der Waals surface area contributed by atoms with Gasteiger partial charge < -0.3 is 9.47 Å². The van der Waals surface area contributed by atoms with E-state index in [1.807, 2.05) is 0 Å². The number of methoxy groups -OCH3 is 1. The number of rotatable bonds is 2. The number of halogens is 6. The lowest BCUT2D eigenvalue weighted by molar-refractivity contribution is -0.173. The van der Waals surface area contributed by atoms with Gasteiger partial charge in [-0.25, -0.2) is 9.59 Å². The van der Waals surface area contributed by atoms with Gasteiger partial charge in [-0.3, -0.25) is 0 Å². The van der Waals surface area contributed by atoms with E-state index >= 15 is 0 Å². The highest BCUT2D eigenvalue weighted by Crippen LogP contribution is 2.38. The Hall–Kier alpha value is -1.74. The highest BCUT2D eigenvalue weighted by molar-refractivity contribution is 6.29. The van der Waals surface area contributed by atoms with E-state index in [2.05, 4.69) is 9.47 Å². The summed E-state index contributed by atoms with van der Waals surface area (Å²) in [5.41, 5.74) is -2.83. The van der Waals surface area contributed by atoms with Crippen LogP contribution < -0.4 is 0 Å². The molecule has 0 aromatic heterocycles. The third kappa shape index (κ3) is 5.06. The molecule has 10 heteroatoms. The average molecular weight is 280 g/mol. The summed E-state index contributed by atoms with van der Waals surface area (Å²) in [5.74, 6) is -3.23. The van der Waals surface area contributed by atoms with Gasteiger partial charge in [-0.1, -0.05) is 0 Å². The minimum absolute atomic E-state index is 0.388. The Morgan fingerprint density at radius 2 is 1.44 bits per heavy atom. The molecule has 0 N–H and O–H groups in total. The summed E-state index contributed by atoms with van der Waals surface area (Å²) >= 11 is 0. The van der Waals surface area contributed by atoms with Crippen molar-refractivity contribution >= 4 is 11.9 Å². The lowest BCUT2D eigenvalue weighted by Crippen LogP contribution is -2.27. The molecular formula is C8H6F6O4. The van der Waals surface area contributed by atoms with E-state index in [9.17, 15) is 35.9 Å². The Kier molecular flexibility index (Phi) is 5.18. The van der Waals surface area contributed by atoms with E-state index in [0.717, 1.165) is 7.11 Å². The molecule has 0 aliphatic heterocycles. The molecule has 104 valence electrons. The minimum atomic E-state index is -5.64. The van der Waals surface area contributed by atoms with Gasteiger partial charge in [-0.15, -0.1) is 0 Å². The zero-order valence-corrected chi connectivity index (χ0v) is 8.69. The molecule has 0 rings (SSSR count). The third-order valence-electron chi connectivity index (χ3n) is 1.46. The van der Waals surface area contributed by atoms with E-state index in [0.29, 0.717) is 0 Å². The molecule has 0 bridgehead atoms. The van der Waals surface area contributed by atoms with Crippen LogP contribution in [0.3, 0.4) is 0 Å². The molecule has 0 spiro atoms. The first-order chi connectivity index (χ1) is 8.00. The van der Waals surface area contributed by atoms with Crippen molar-refractivity contribution < 1.29 is 45.4 Å². The predicted molar refractivity (Wildman–Crippen MR) is 43.2 cm³/mol. The van der Waals surface area contributed by atoms with Crippen molar-refractivity contribution in [3.8, 4) is 0 Å². The fraction of sp³-hybridized carbons (Fsp3) is 0.500. The van der Waals surface area contributed by atoms with Crippen LogP contribution >= 0.6 is 0 Å². The molecular weight excluding hydrogens is 274 g/mol. The molecule has 0 saturated heterocycles. The van der Waals surface area contributed by atoms with Crippen molar-refractivity contribution in [3.63, 3.8) is 0 Å². The summed E-state index contributed by atoms with van der Waals surface area (Å²) in [4.78, 5) is 21.0. The molecule has 0 unspecified atom stereocenters. The number of alkyl halides is 6. The van der Waals surface area contributed by atoms with Gasteiger partial charge in [0.2, 0.25) is 0 Å². The van der Waals surface area contributed by atoms with Gasteiger partial charge in [0.15, 0.2) is 0 Å². The lowest BCUT2D eigenvalue weighted by atomic mass is 10.2. The van der Waals surface area contributed by atoms with Crippen LogP contribution in [-0.4, -0.2) is 38.0 Å². The van der Waals surface area contributed by atoms with Crippen LogP contribution in [0, 0.1) is 0 Å². The SMILES string of the molecule is COC(=O)C(=O)OCC=C(C(F)(F)F)C(F)(F)F. The van der Waals surface area contributed by atoms with Crippen LogP contribution in [-0.2, 0) is 19.1 Å². The van der Waals surface area contributed by atoms with E-state index < -0.39 is 36.5 Å². The Bertz CT molecular complexity index is 338. The molecule has 0 aromatic rings. The summed E-state index contributed by atoms with van der Waals surface area (Å²) in [6.45, 7) is -1.36. The fourth-order valence-corrected chi connectivity index (χ4v) is 0.735. The van der Waals surface area contributed by atoms with Gasteiger partial charge in [-0.05, 0) is 6.08 Å². The standard InChI is InChI=1S/C8H6F6O4/c1-17-5(15)6(16)18-3-2-4(7(9,10)11)8(12,13)14/h2H,3H2,1H3. The first kappa shape index (κ1) is 16.3. The predicted octanol–water partition coefficient (Wildman–Crippen LogP) is 1.75. The van der Waals surface area contributed by atoms with E-state index in [4.69, 9.17) is 0 Å². The molecule has 0 amide bonds. The van der Waals surface area contributed by atoms with Crippen LogP contribution in [0.15, 0.2) is 11.6 Å². The van der Waals surface area contributed by atoms with Crippen molar-refractivity contribution in [2.75, 3.05) is 13.7 Å². The van der Waals surface area contributed by atoms with Crippen molar-refractivity contribution in [1.82, 2.24) is 0 Å². The molecule has 18 heavy (non-hydrogen) atoms. The maximum atomic E-state index is 11.9. The van der Waals surface area contributed by atoms with E-state index in [1.165, 1.54) is 0 Å². The topological polar surface area (TPSA) is 52.6 Å². The second kappa shape index (κ2) is 5.74. The maximum absolute atomic E-state index is 11.9. The van der Waals surface area contributed by atoms with Crippen LogP contribution in [0.2, 0.25) is 0 Å². The smallest absolute Gasteiger partial charge is 0.421 e. The number of esters is 2. The molecule has 0 aromatic carbocycles. The number of ether oxygens (including phenoxy) is 2. The Balaban J connectivity index is 4.73. The minimum Gasteiger partial charge on any atom is -0.461 e. The summed E-state index contributed by atoms with van der Waals surface area (Å²) in [7, 11) is 0.788. The molecule has 0 fully saturated rings. The van der Waals surface area contributed by atoms with Gasteiger partial charge >= 0.3 is 24.3 Å². The van der Waals surface area contributed by atoms with Crippen molar-refractivity contribution in [1.29, 1.82) is 0 Å². The number of carbonyl (C=O) groups is 2. The maximum Gasteiger partial charge on any atom is 0.421 e. The number of allylic oxidation sites excluding steroid dienone is 1. The second-order valence-corrected chi connectivity index (χ2v) is 2.70. The normalized spacial score (nSPS) is 11.7. The van der Waals surface area contributed by atoms with Crippen LogP contribution in [0.1, 0.15) is 0 Å². The molecule has 4 nitrogen and oxygen atoms in total. The largest absolute Gasteiger partial charge is 0.461 e. The zero-order chi connectivity index (χ0) is 14.6. The van der Waals surface area contributed by atoms with Gasteiger partial charge in [0.25, 0.3) is 0 Å². The molecule has 0 atom stereocenters. The monoisotopic (exact) mass is 280 g/mol. The van der Waals surface area contributed by atoms with Crippen LogP contribution in [0.5, 0.6) is 0 Å². The lowest BCUT2D eigenvalue weighted by Gasteiger charge is -2.14.